The summed E-state index contributed by atoms with van der Waals surface area (Å²) in [4.78, 5) is 38.0. The Morgan fingerprint density at radius 2 is 1.69 bits per heavy atom. The summed E-state index contributed by atoms with van der Waals surface area (Å²) >= 11 is 2.15. The predicted octanol–water partition coefficient (Wildman–Crippen LogP) is 4.46. The first-order valence-electron chi connectivity index (χ1n) is 7.75. The molecule has 1 aliphatic heterocycles. The van der Waals surface area contributed by atoms with Gasteiger partial charge >= 0.3 is 0 Å². The smallest absolute Gasteiger partial charge is 0.268 e. The molecule has 0 unspecified atom stereocenters. The average molecular weight is 458 g/mol. The SMILES string of the molecule is Cc1ccc(N2C(=O)c3cccc4c([N+](=O)[O-])ccc(c34)C2=O)cc1I. The molecular weight excluding hydrogens is 447 g/mol. The minimum Gasteiger partial charge on any atom is -0.268 e. The van der Waals surface area contributed by atoms with E-state index in [0.717, 1.165) is 14.0 Å². The molecule has 1 aliphatic rings. The number of carbonyl (C=O) groups is 2. The lowest BCUT2D eigenvalue weighted by molar-refractivity contribution is -0.383. The number of amides is 2. The first-order chi connectivity index (χ1) is 12.4. The van der Waals surface area contributed by atoms with E-state index in [2.05, 4.69) is 22.6 Å². The highest BCUT2D eigenvalue weighted by Gasteiger charge is 2.35. The molecule has 3 aromatic rings. The van der Waals surface area contributed by atoms with Crippen LogP contribution in [0.5, 0.6) is 0 Å². The molecule has 0 aliphatic carbocycles. The van der Waals surface area contributed by atoms with Crippen molar-refractivity contribution in [3.63, 3.8) is 0 Å². The Labute approximate surface area is 161 Å². The highest BCUT2D eigenvalue weighted by atomic mass is 127. The molecule has 0 spiro atoms. The van der Waals surface area contributed by atoms with E-state index in [4.69, 9.17) is 0 Å². The number of halogens is 1. The predicted molar refractivity (Wildman–Crippen MR) is 106 cm³/mol. The molecule has 0 saturated heterocycles. The third-order valence-corrected chi connectivity index (χ3v) is 5.66. The average Bonchev–Trinajstić information content (AvgIpc) is 2.62. The van der Waals surface area contributed by atoms with Crippen LogP contribution in [-0.4, -0.2) is 16.7 Å². The van der Waals surface area contributed by atoms with Crippen molar-refractivity contribution < 1.29 is 14.5 Å². The largest absolute Gasteiger partial charge is 0.277 e. The number of nitro groups is 1. The van der Waals surface area contributed by atoms with E-state index < -0.39 is 16.7 Å². The number of nitro benzene ring substituents is 1. The molecule has 0 atom stereocenters. The van der Waals surface area contributed by atoms with E-state index in [9.17, 15) is 19.7 Å². The lowest BCUT2D eigenvalue weighted by Gasteiger charge is -2.27. The third-order valence-electron chi connectivity index (χ3n) is 4.49. The number of hydrogen-bond donors (Lipinski definition) is 0. The molecule has 2 amide bonds. The van der Waals surface area contributed by atoms with Gasteiger partial charge in [0.2, 0.25) is 0 Å². The van der Waals surface area contributed by atoms with Gasteiger partial charge in [0.25, 0.3) is 17.5 Å². The van der Waals surface area contributed by atoms with Gasteiger partial charge < -0.3 is 0 Å². The molecule has 0 radical (unpaired) electrons. The van der Waals surface area contributed by atoms with Gasteiger partial charge in [-0.25, -0.2) is 4.90 Å². The maximum absolute atomic E-state index is 13.0. The number of non-ortho nitro benzene ring substituents is 1. The van der Waals surface area contributed by atoms with E-state index in [1.807, 2.05) is 13.0 Å². The zero-order valence-corrected chi connectivity index (χ0v) is 15.7. The van der Waals surface area contributed by atoms with Gasteiger partial charge in [-0.05, 0) is 65.4 Å². The van der Waals surface area contributed by atoms with Crippen molar-refractivity contribution in [3.05, 3.63) is 78.9 Å². The van der Waals surface area contributed by atoms with Crippen molar-refractivity contribution in [2.75, 3.05) is 4.90 Å². The zero-order chi connectivity index (χ0) is 18.6. The van der Waals surface area contributed by atoms with Gasteiger partial charge in [0.05, 0.1) is 16.0 Å². The van der Waals surface area contributed by atoms with Crippen LogP contribution in [0.1, 0.15) is 26.3 Å². The molecule has 0 saturated carbocycles. The van der Waals surface area contributed by atoms with Gasteiger partial charge in [-0.1, -0.05) is 12.1 Å². The van der Waals surface area contributed by atoms with Crippen molar-refractivity contribution in [3.8, 4) is 0 Å². The van der Waals surface area contributed by atoms with Crippen LogP contribution in [0, 0.1) is 20.6 Å². The Kier molecular flexibility index (Phi) is 3.76. The molecule has 7 heteroatoms. The lowest BCUT2D eigenvalue weighted by Crippen LogP contribution is -2.40. The second-order valence-corrected chi connectivity index (χ2v) is 7.16. The maximum atomic E-state index is 13.0. The Balaban J connectivity index is 1.98. The molecular formula is C19H11IN2O4. The number of anilines is 1. The normalized spacial score (nSPS) is 13.4. The summed E-state index contributed by atoms with van der Waals surface area (Å²) in [5.41, 5.74) is 1.98. The van der Waals surface area contributed by atoms with E-state index in [1.54, 1.807) is 30.3 Å². The molecule has 3 aromatic carbocycles. The van der Waals surface area contributed by atoms with Crippen LogP contribution < -0.4 is 4.90 Å². The first-order valence-corrected chi connectivity index (χ1v) is 8.83. The fraction of sp³-hybridized carbons (Fsp3) is 0.0526. The lowest BCUT2D eigenvalue weighted by atomic mass is 9.92. The third kappa shape index (κ3) is 2.31. The summed E-state index contributed by atoms with van der Waals surface area (Å²) in [6.45, 7) is 1.95. The highest BCUT2D eigenvalue weighted by Crippen LogP contribution is 2.37. The van der Waals surface area contributed by atoms with Crippen LogP contribution in [0.15, 0.2) is 48.5 Å². The van der Waals surface area contributed by atoms with Gasteiger partial charge in [0, 0.05) is 26.1 Å². The van der Waals surface area contributed by atoms with E-state index in [-0.39, 0.29) is 16.8 Å². The maximum Gasteiger partial charge on any atom is 0.277 e. The Hall–Kier alpha value is -2.81. The van der Waals surface area contributed by atoms with Crippen molar-refractivity contribution in [1.82, 2.24) is 0 Å². The number of hydrogen-bond acceptors (Lipinski definition) is 4. The van der Waals surface area contributed by atoms with Crippen LogP contribution in [0.2, 0.25) is 0 Å². The van der Waals surface area contributed by atoms with Gasteiger partial charge in [0.15, 0.2) is 0 Å². The van der Waals surface area contributed by atoms with Gasteiger partial charge in [-0.15, -0.1) is 0 Å². The van der Waals surface area contributed by atoms with Crippen LogP contribution in [0.25, 0.3) is 10.8 Å². The number of benzene rings is 3. The van der Waals surface area contributed by atoms with Crippen molar-refractivity contribution in [2.24, 2.45) is 0 Å². The summed E-state index contributed by atoms with van der Waals surface area (Å²) in [6.07, 6.45) is 0. The van der Waals surface area contributed by atoms with Gasteiger partial charge in [-0.3, -0.25) is 19.7 Å². The van der Waals surface area contributed by atoms with Crippen molar-refractivity contribution in [1.29, 1.82) is 0 Å². The molecule has 4 rings (SSSR count). The second kappa shape index (κ2) is 5.87. The molecule has 0 fully saturated rings. The van der Waals surface area contributed by atoms with Crippen molar-refractivity contribution >= 4 is 56.6 Å². The number of imide groups is 1. The highest BCUT2D eigenvalue weighted by molar-refractivity contribution is 14.1. The van der Waals surface area contributed by atoms with E-state index in [0.29, 0.717) is 16.5 Å². The standard InChI is InChI=1S/C19H11IN2O4/c1-10-5-6-11(9-15(10)20)21-18(23)13-4-2-3-12-16(22(25)26)8-7-14(17(12)13)19(21)24/h2-9H,1H3. The quantitative estimate of drug-likeness (QED) is 0.246. The molecule has 1 heterocycles. The Morgan fingerprint density at radius 3 is 2.35 bits per heavy atom. The Morgan fingerprint density at radius 1 is 1.00 bits per heavy atom. The summed E-state index contributed by atoms with van der Waals surface area (Å²) in [5, 5.41) is 11.9. The van der Waals surface area contributed by atoms with Crippen LogP contribution in [0.4, 0.5) is 11.4 Å². The number of aryl methyl sites for hydroxylation is 1. The number of rotatable bonds is 2. The number of nitrogens with zero attached hydrogens (tertiary/aromatic N) is 2. The minimum absolute atomic E-state index is 0.121. The fourth-order valence-electron chi connectivity index (χ4n) is 3.20. The van der Waals surface area contributed by atoms with Gasteiger partial charge in [0.1, 0.15) is 0 Å². The van der Waals surface area contributed by atoms with Crippen LogP contribution in [-0.2, 0) is 0 Å². The first kappa shape index (κ1) is 16.6. The Bertz CT molecular complexity index is 1120. The summed E-state index contributed by atoms with van der Waals surface area (Å²) in [5.74, 6) is -0.957. The molecule has 0 aromatic heterocycles. The van der Waals surface area contributed by atoms with Crippen LogP contribution >= 0.6 is 22.6 Å². The monoisotopic (exact) mass is 458 g/mol. The molecule has 128 valence electrons. The van der Waals surface area contributed by atoms with Crippen molar-refractivity contribution in [2.45, 2.75) is 6.92 Å². The van der Waals surface area contributed by atoms with Gasteiger partial charge in [-0.2, -0.15) is 0 Å². The summed E-state index contributed by atoms with van der Waals surface area (Å²) in [6, 6.07) is 12.8. The number of carbonyl (C=O) groups excluding carboxylic acids is 2. The summed E-state index contributed by atoms with van der Waals surface area (Å²) < 4.78 is 0.938. The second-order valence-electron chi connectivity index (χ2n) is 6.00. The zero-order valence-electron chi connectivity index (χ0n) is 13.5. The molecule has 26 heavy (non-hydrogen) atoms. The molecule has 6 nitrogen and oxygen atoms in total. The molecule has 0 bridgehead atoms. The minimum atomic E-state index is -0.507. The molecule has 0 N–H and O–H groups in total. The van der Waals surface area contributed by atoms with Crippen LogP contribution in [0.3, 0.4) is 0 Å². The summed E-state index contributed by atoms with van der Waals surface area (Å²) in [7, 11) is 0. The topological polar surface area (TPSA) is 80.5 Å². The van der Waals surface area contributed by atoms with E-state index >= 15 is 0 Å². The van der Waals surface area contributed by atoms with E-state index in [1.165, 1.54) is 12.1 Å². The fourth-order valence-corrected chi connectivity index (χ4v) is 3.69.